The Labute approximate surface area is 194 Å². The lowest BCUT2D eigenvalue weighted by molar-refractivity contribution is -0.143. The van der Waals surface area contributed by atoms with Crippen LogP contribution in [0.25, 0.3) is 0 Å². The summed E-state index contributed by atoms with van der Waals surface area (Å²) >= 11 is 12.7. The van der Waals surface area contributed by atoms with E-state index in [0.29, 0.717) is 27.8 Å². The quantitative estimate of drug-likeness (QED) is 0.511. The van der Waals surface area contributed by atoms with Crippen LogP contribution in [0.3, 0.4) is 0 Å². The van der Waals surface area contributed by atoms with Gasteiger partial charge in [0.05, 0.1) is 0 Å². The molecule has 2 rings (SSSR count). The lowest BCUT2D eigenvalue weighted by Gasteiger charge is -2.31. The SMILES string of the molecule is CC[C@H](C(=O)N[C@@H](C)CC)N(Cc1c(Cl)cccc1Cl)C(=O)COc1ccc(C)cc1. The molecular weight excluding hydrogens is 435 g/mol. The second-order valence-corrected chi connectivity index (χ2v) is 8.38. The number of hydrogen-bond donors (Lipinski definition) is 1. The Morgan fingerprint density at radius 1 is 1.03 bits per heavy atom. The molecule has 0 saturated heterocycles. The first-order chi connectivity index (χ1) is 14.8. The molecule has 1 N–H and O–H groups in total. The highest BCUT2D eigenvalue weighted by molar-refractivity contribution is 6.36. The lowest BCUT2D eigenvalue weighted by atomic mass is 10.1. The van der Waals surface area contributed by atoms with E-state index in [0.717, 1.165) is 12.0 Å². The normalized spacial score (nSPS) is 12.7. The van der Waals surface area contributed by atoms with Gasteiger partial charge in [-0.05, 0) is 51.0 Å². The number of halogens is 2. The number of benzene rings is 2. The molecule has 0 bridgehead atoms. The van der Waals surface area contributed by atoms with Crippen molar-refractivity contribution < 1.29 is 14.3 Å². The zero-order chi connectivity index (χ0) is 23.0. The number of hydrogen-bond acceptors (Lipinski definition) is 3. The fraction of sp³-hybridized carbons (Fsp3) is 0.417. The predicted molar refractivity (Wildman–Crippen MR) is 126 cm³/mol. The van der Waals surface area contributed by atoms with Crippen molar-refractivity contribution in [3.05, 3.63) is 63.6 Å². The fourth-order valence-electron chi connectivity index (χ4n) is 3.08. The third kappa shape index (κ3) is 7.15. The Morgan fingerprint density at radius 2 is 1.65 bits per heavy atom. The van der Waals surface area contributed by atoms with Gasteiger partial charge in [-0.2, -0.15) is 0 Å². The van der Waals surface area contributed by atoms with E-state index in [4.69, 9.17) is 27.9 Å². The van der Waals surface area contributed by atoms with Crippen molar-refractivity contribution in [3.8, 4) is 5.75 Å². The van der Waals surface area contributed by atoms with E-state index < -0.39 is 6.04 Å². The number of aryl methyl sites for hydroxylation is 1. The molecular formula is C24H30Cl2N2O3. The highest BCUT2D eigenvalue weighted by atomic mass is 35.5. The second kappa shape index (κ2) is 12.0. The summed E-state index contributed by atoms with van der Waals surface area (Å²) in [6.07, 6.45) is 1.24. The number of carbonyl (C=O) groups excluding carboxylic acids is 2. The van der Waals surface area contributed by atoms with Crippen molar-refractivity contribution in [2.75, 3.05) is 6.61 Å². The highest BCUT2D eigenvalue weighted by Crippen LogP contribution is 2.27. The van der Waals surface area contributed by atoms with Crippen molar-refractivity contribution >= 4 is 35.0 Å². The summed E-state index contributed by atoms with van der Waals surface area (Å²) in [6, 6.07) is 12.0. The van der Waals surface area contributed by atoms with E-state index in [1.165, 1.54) is 4.90 Å². The molecule has 0 aliphatic rings. The predicted octanol–water partition coefficient (Wildman–Crippen LogP) is 5.40. The Kier molecular flexibility index (Phi) is 9.66. The van der Waals surface area contributed by atoms with E-state index in [1.54, 1.807) is 18.2 Å². The standard InChI is InChI=1S/C24H30Cl2N2O3/c1-5-17(4)27-24(30)22(6-2)28(14-19-20(25)8-7-9-21(19)26)23(29)15-31-18-12-10-16(3)11-13-18/h7-13,17,22H,5-6,14-15H2,1-4H3,(H,27,30)/t17-,22+/m0/s1. The smallest absolute Gasteiger partial charge is 0.261 e. The molecule has 0 saturated carbocycles. The summed E-state index contributed by atoms with van der Waals surface area (Å²) in [6.45, 7) is 7.69. The molecule has 31 heavy (non-hydrogen) atoms. The second-order valence-electron chi connectivity index (χ2n) is 7.57. The first kappa shape index (κ1) is 25.0. The molecule has 0 spiro atoms. The van der Waals surface area contributed by atoms with E-state index in [1.807, 2.05) is 52.0 Å². The van der Waals surface area contributed by atoms with Crippen molar-refractivity contribution in [1.82, 2.24) is 10.2 Å². The average molecular weight is 465 g/mol. The number of amides is 2. The Balaban J connectivity index is 2.27. The Hall–Kier alpha value is -2.24. The topological polar surface area (TPSA) is 58.6 Å². The van der Waals surface area contributed by atoms with Crippen LogP contribution in [0.2, 0.25) is 10.0 Å². The molecule has 0 heterocycles. The highest BCUT2D eigenvalue weighted by Gasteiger charge is 2.30. The number of nitrogens with one attached hydrogen (secondary N) is 1. The summed E-state index contributed by atoms with van der Waals surface area (Å²) in [4.78, 5) is 27.7. The average Bonchev–Trinajstić information content (AvgIpc) is 2.74. The molecule has 2 aromatic rings. The van der Waals surface area contributed by atoms with Crippen LogP contribution in [-0.2, 0) is 16.1 Å². The van der Waals surface area contributed by atoms with Crippen LogP contribution in [0, 0.1) is 6.92 Å². The fourth-order valence-corrected chi connectivity index (χ4v) is 3.59. The van der Waals surface area contributed by atoms with Gasteiger partial charge < -0.3 is 15.0 Å². The first-order valence-electron chi connectivity index (χ1n) is 10.5. The summed E-state index contributed by atoms with van der Waals surface area (Å²) in [5.41, 5.74) is 1.70. The van der Waals surface area contributed by atoms with Crippen LogP contribution in [0.5, 0.6) is 5.75 Å². The van der Waals surface area contributed by atoms with Gasteiger partial charge in [-0.3, -0.25) is 9.59 Å². The molecule has 5 nitrogen and oxygen atoms in total. The largest absolute Gasteiger partial charge is 0.484 e. The molecule has 0 unspecified atom stereocenters. The molecule has 0 aliphatic heterocycles. The molecule has 7 heteroatoms. The molecule has 0 aromatic heterocycles. The summed E-state index contributed by atoms with van der Waals surface area (Å²) in [5.74, 6) is 0.0678. The van der Waals surface area contributed by atoms with Crippen LogP contribution in [0.15, 0.2) is 42.5 Å². The van der Waals surface area contributed by atoms with Gasteiger partial charge in [-0.1, -0.05) is 60.8 Å². The first-order valence-corrected chi connectivity index (χ1v) is 11.2. The maximum absolute atomic E-state index is 13.2. The molecule has 0 aliphatic carbocycles. The third-order valence-corrected chi connectivity index (χ3v) is 5.87. The van der Waals surface area contributed by atoms with Gasteiger partial charge in [-0.15, -0.1) is 0 Å². The summed E-state index contributed by atoms with van der Waals surface area (Å²) in [7, 11) is 0. The molecule has 2 amide bonds. The summed E-state index contributed by atoms with van der Waals surface area (Å²) in [5, 5.41) is 3.86. The van der Waals surface area contributed by atoms with E-state index in [-0.39, 0.29) is 31.0 Å². The molecule has 0 radical (unpaired) electrons. The number of carbonyl (C=O) groups is 2. The van der Waals surface area contributed by atoms with Crippen LogP contribution >= 0.6 is 23.2 Å². The van der Waals surface area contributed by atoms with Gasteiger partial charge in [0, 0.05) is 28.2 Å². The van der Waals surface area contributed by atoms with Gasteiger partial charge in [0.15, 0.2) is 6.61 Å². The van der Waals surface area contributed by atoms with Crippen molar-refractivity contribution in [1.29, 1.82) is 0 Å². The number of ether oxygens (including phenoxy) is 1. The zero-order valence-electron chi connectivity index (χ0n) is 18.5. The molecule has 2 atom stereocenters. The van der Waals surface area contributed by atoms with E-state index in [2.05, 4.69) is 5.32 Å². The van der Waals surface area contributed by atoms with E-state index in [9.17, 15) is 9.59 Å². The molecule has 2 aromatic carbocycles. The Morgan fingerprint density at radius 3 is 2.19 bits per heavy atom. The number of nitrogens with zero attached hydrogens (tertiary/aromatic N) is 1. The van der Waals surface area contributed by atoms with Crippen molar-refractivity contribution in [3.63, 3.8) is 0 Å². The van der Waals surface area contributed by atoms with Crippen molar-refractivity contribution in [2.45, 2.75) is 59.2 Å². The van der Waals surface area contributed by atoms with Gasteiger partial charge in [0.25, 0.3) is 5.91 Å². The van der Waals surface area contributed by atoms with Gasteiger partial charge in [0.1, 0.15) is 11.8 Å². The monoisotopic (exact) mass is 464 g/mol. The minimum Gasteiger partial charge on any atom is -0.484 e. The number of rotatable bonds is 10. The van der Waals surface area contributed by atoms with Gasteiger partial charge >= 0.3 is 0 Å². The zero-order valence-corrected chi connectivity index (χ0v) is 20.0. The molecule has 168 valence electrons. The van der Waals surface area contributed by atoms with E-state index >= 15 is 0 Å². The minimum absolute atomic E-state index is 0.00575. The van der Waals surface area contributed by atoms with Crippen LogP contribution < -0.4 is 10.1 Å². The van der Waals surface area contributed by atoms with Gasteiger partial charge in [0.2, 0.25) is 5.91 Å². The van der Waals surface area contributed by atoms with Crippen LogP contribution in [0.1, 0.15) is 44.7 Å². The van der Waals surface area contributed by atoms with Gasteiger partial charge in [-0.25, -0.2) is 0 Å². The lowest BCUT2D eigenvalue weighted by Crippen LogP contribution is -2.51. The Bertz CT molecular complexity index is 867. The molecule has 0 fully saturated rings. The minimum atomic E-state index is -0.671. The van der Waals surface area contributed by atoms with Crippen LogP contribution in [0.4, 0.5) is 0 Å². The van der Waals surface area contributed by atoms with Crippen molar-refractivity contribution in [2.24, 2.45) is 0 Å². The maximum Gasteiger partial charge on any atom is 0.261 e. The third-order valence-electron chi connectivity index (χ3n) is 5.16. The summed E-state index contributed by atoms with van der Waals surface area (Å²) < 4.78 is 5.69. The maximum atomic E-state index is 13.2. The van der Waals surface area contributed by atoms with Crippen LogP contribution in [-0.4, -0.2) is 35.4 Å².